The molecule has 1 aliphatic heterocycles. The summed E-state index contributed by atoms with van der Waals surface area (Å²) in [4.78, 5) is 2.27. The lowest BCUT2D eigenvalue weighted by Crippen LogP contribution is -2.33. The highest BCUT2D eigenvalue weighted by molar-refractivity contribution is 7.99. The quantitative estimate of drug-likeness (QED) is 0.663. The van der Waals surface area contributed by atoms with Gasteiger partial charge in [-0.3, -0.25) is 4.90 Å². The van der Waals surface area contributed by atoms with Crippen LogP contribution in [-0.2, 0) is 0 Å². The highest BCUT2D eigenvalue weighted by Crippen LogP contribution is 2.24. The van der Waals surface area contributed by atoms with E-state index in [0.29, 0.717) is 6.04 Å². The first-order valence-electron chi connectivity index (χ1n) is 3.89. The van der Waals surface area contributed by atoms with Gasteiger partial charge in [0.2, 0.25) is 0 Å². The molecule has 1 N–H and O–H groups in total. The van der Waals surface area contributed by atoms with Crippen molar-refractivity contribution in [1.82, 2.24) is 25.5 Å². The summed E-state index contributed by atoms with van der Waals surface area (Å²) in [5, 5.41) is 14.0. The minimum absolute atomic E-state index is 0.336. The van der Waals surface area contributed by atoms with E-state index in [4.69, 9.17) is 0 Å². The van der Waals surface area contributed by atoms with Crippen molar-refractivity contribution >= 4 is 11.8 Å². The molecule has 1 atom stereocenters. The molecule has 0 amide bonds. The molecule has 1 unspecified atom stereocenters. The van der Waals surface area contributed by atoms with Crippen molar-refractivity contribution in [3.8, 4) is 0 Å². The average molecular weight is 185 g/mol. The number of hydrogen-bond donors (Lipinski definition) is 1. The maximum atomic E-state index is 3.99. The minimum Gasteiger partial charge on any atom is -0.295 e. The van der Waals surface area contributed by atoms with Crippen LogP contribution in [0.25, 0.3) is 0 Å². The standard InChI is InChI=1S/C6H11N5S/c1-11-2-3-12-4-5(11)6-7-9-10-8-6/h5H,2-4H2,1H3,(H,7,8,9,10). The van der Waals surface area contributed by atoms with Gasteiger partial charge in [-0.25, -0.2) is 0 Å². The van der Waals surface area contributed by atoms with Gasteiger partial charge in [0.25, 0.3) is 0 Å². The second-order valence-corrected chi connectivity index (χ2v) is 3.99. The lowest BCUT2D eigenvalue weighted by Gasteiger charge is -2.29. The zero-order valence-electron chi connectivity index (χ0n) is 6.90. The maximum absolute atomic E-state index is 3.99. The Kier molecular flexibility index (Phi) is 2.27. The Morgan fingerprint density at radius 1 is 1.67 bits per heavy atom. The van der Waals surface area contributed by atoms with Gasteiger partial charge in [-0.05, 0) is 7.05 Å². The third-order valence-corrected chi connectivity index (χ3v) is 3.08. The number of hydrogen-bond acceptors (Lipinski definition) is 5. The summed E-state index contributed by atoms with van der Waals surface area (Å²) >= 11 is 1.94. The summed E-state index contributed by atoms with van der Waals surface area (Å²) in [6.45, 7) is 1.10. The fourth-order valence-corrected chi connectivity index (χ4v) is 2.48. The number of aromatic amines is 1. The largest absolute Gasteiger partial charge is 0.295 e. The number of aromatic nitrogens is 4. The van der Waals surface area contributed by atoms with E-state index in [0.717, 1.165) is 18.1 Å². The van der Waals surface area contributed by atoms with Crippen molar-refractivity contribution in [3.63, 3.8) is 0 Å². The molecule has 5 nitrogen and oxygen atoms in total. The molecule has 2 heterocycles. The lowest BCUT2D eigenvalue weighted by atomic mass is 10.3. The van der Waals surface area contributed by atoms with E-state index >= 15 is 0 Å². The van der Waals surface area contributed by atoms with Crippen LogP contribution in [0.1, 0.15) is 11.9 Å². The average Bonchev–Trinajstić information content (AvgIpc) is 2.57. The number of rotatable bonds is 1. The Morgan fingerprint density at radius 2 is 2.58 bits per heavy atom. The van der Waals surface area contributed by atoms with Gasteiger partial charge < -0.3 is 0 Å². The second-order valence-electron chi connectivity index (χ2n) is 2.84. The lowest BCUT2D eigenvalue weighted by molar-refractivity contribution is 0.264. The highest BCUT2D eigenvalue weighted by atomic mass is 32.2. The summed E-state index contributed by atoms with van der Waals surface area (Å²) in [6, 6.07) is 0.336. The minimum atomic E-state index is 0.336. The van der Waals surface area contributed by atoms with E-state index in [1.807, 2.05) is 11.8 Å². The number of H-pyrrole nitrogens is 1. The molecule has 0 saturated carbocycles. The molecule has 0 spiro atoms. The molecule has 1 aromatic rings. The predicted octanol–water partition coefficient (Wildman–Crippen LogP) is -0.0806. The van der Waals surface area contributed by atoms with Crippen LogP contribution >= 0.6 is 11.8 Å². The van der Waals surface area contributed by atoms with Gasteiger partial charge in [-0.1, -0.05) is 5.21 Å². The second kappa shape index (κ2) is 3.40. The topological polar surface area (TPSA) is 57.7 Å². The first-order valence-corrected chi connectivity index (χ1v) is 5.05. The number of nitrogens with one attached hydrogen (secondary N) is 1. The Balaban J connectivity index is 2.11. The van der Waals surface area contributed by atoms with Gasteiger partial charge in [-0.15, -0.1) is 10.2 Å². The van der Waals surface area contributed by atoms with Crippen LogP contribution in [0.2, 0.25) is 0 Å². The molecule has 1 aliphatic rings. The Morgan fingerprint density at radius 3 is 3.25 bits per heavy atom. The maximum Gasteiger partial charge on any atom is 0.192 e. The summed E-state index contributed by atoms with van der Waals surface area (Å²) in [7, 11) is 2.10. The van der Waals surface area contributed by atoms with Gasteiger partial charge in [0.1, 0.15) is 0 Å². The summed E-state index contributed by atoms with van der Waals surface area (Å²) in [6.07, 6.45) is 0. The van der Waals surface area contributed by atoms with E-state index in [9.17, 15) is 0 Å². The molecule has 0 aromatic carbocycles. The number of nitrogens with zero attached hydrogens (tertiary/aromatic N) is 4. The molecule has 1 aromatic heterocycles. The summed E-state index contributed by atoms with van der Waals surface area (Å²) < 4.78 is 0. The predicted molar refractivity (Wildman–Crippen MR) is 46.9 cm³/mol. The number of tetrazole rings is 1. The van der Waals surface area contributed by atoms with E-state index in [2.05, 4.69) is 32.6 Å². The van der Waals surface area contributed by atoms with Crippen LogP contribution in [0.3, 0.4) is 0 Å². The Hall–Kier alpha value is -0.620. The molecule has 0 radical (unpaired) electrons. The molecule has 2 rings (SSSR count). The van der Waals surface area contributed by atoms with Crippen LogP contribution in [0.15, 0.2) is 0 Å². The van der Waals surface area contributed by atoms with Gasteiger partial charge in [0.15, 0.2) is 5.82 Å². The summed E-state index contributed by atoms with van der Waals surface area (Å²) in [5.41, 5.74) is 0. The normalized spacial score (nSPS) is 25.9. The number of thioether (sulfide) groups is 1. The molecule has 0 aliphatic carbocycles. The third-order valence-electron chi connectivity index (χ3n) is 2.06. The molecule has 1 fully saturated rings. The van der Waals surface area contributed by atoms with Crippen LogP contribution in [0.4, 0.5) is 0 Å². The first-order chi connectivity index (χ1) is 5.88. The van der Waals surface area contributed by atoms with Gasteiger partial charge >= 0.3 is 0 Å². The molecule has 0 bridgehead atoms. The van der Waals surface area contributed by atoms with E-state index in [1.54, 1.807) is 0 Å². The van der Waals surface area contributed by atoms with Crippen LogP contribution in [0.5, 0.6) is 0 Å². The Labute approximate surface area is 74.9 Å². The van der Waals surface area contributed by atoms with E-state index < -0.39 is 0 Å². The van der Waals surface area contributed by atoms with Gasteiger partial charge in [0, 0.05) is 18.1 Å². The van der Waals surface area contributed by atoms with E-state index in [1.165, 1.54) is 5.75 Å². The molecular weight excluding hydrogens is 174 g/mol. The fourth-order valence-electron chi connectivity index (χ4n) is 1.27. The van der Waals surface area contributed by atoms with Crippen molar-refractivity contribution in [2.24, 2.45) is 0 Å². The SMILES string of the molecule is CN1CCSCC1c1nn[nH]n1. The monoisotopic (exact) mass is 185 g/mol. The highest BCUT2D eigenvalue weighted by Gasteiger charge is 2.24. The van der Waals surface area contributed by atoms with Gasteiger partial charge in [0.05, 0.1) is 6.04 Å². The Bertz CT molecular complexity index is 236. The van der Waals surface area contributed by atoms with Crippen molar-refractivity contribution < 1.29 is 0 Å². The fraction of sp³-hybridized carbons (Fsp3) is 0.833. The molecule has 66 valence electrons. The van der Waals surface area contributed by atoms with E-state index in [-0.39, 0.29) is 0 Å². The molecular formula is C6H11N5S. The van der Waals surface area contributed by atoms with Crippen LogP contribution in [-0.4, -0.2) is 50.6 Å². The smallest absolute Gasteiger partial charge is 0.192 e. The zero-order valence-corrected chi connectivity index (χ0v) is 7.71. The zero-order chi connectivity index (χ0) is 8.39. The van der Waals surface area contributed by atoms with Crippen molar-refractivity contribution in [3.05, 3.63) is 5.82 Å². The first kappa shape index (κ1) is 8.00. The molecule has 6 heteroatoms. The summed E-state index contributed by atoms with van der Waals surface area (Å²) in [5.74, 6) is 3.07. The van der Waals surface area contributed by atoms with Crippen molar-refractivity contribution in [2.45, 2.75) is 6.04 Å². The van der Waals surface area contributed by atoms with Crippen LogP contribution < -0.4 is 0 Å². The third kappa shape index (κ3) is 1.44. The van der Waals surface area contributed by atoms with Crippen LogP contribution in [0, 0.1) is 0 Å². The van der Waals surface area contributed by atoms with Crippen molar-refractivity contribution in [2.75, 3.05) is 25.1 Å². The molecule has 1 saturated heterocycles. The molecule has 12 heavy (non-hydrogen) atoms. The van der Waals surface area contributed by atoms with Crippen molar-refractivity contribution in [1.29, 1.82) is 0 Å². The van der Waals surface area contributed by atoms with Gasteiger partial charge in [-0.2, -0.15) is 17.0 Å².